The van der Waals surface area contributed by atoms with E-state index >= 15 is 0 Å². The molecule has 2 amide bonds. The molecule has 2 aliphatic heterocycles. The summed E-state index contributed by atoms with van der Waals surface area (Å²) in [5.41, 5.74) is 4.61. The number of carbonyl (C=O) groups excluding carboxylic acids is 2. The lowest BCUT2D eigenvalue weighted by Gasteiger charge is -2.17. The number of ether oxygens (including phenoxy) is 1. The van der Waals surface area contributed by atoms with Crippen molar-refractivity contribution in [3.63, 3.8) is 0 Å². The number of fused-ring (bicyclic) bond motifs is 1. The van der Waals surface area contributed by atoms with E-state index in [1.54, 1.807) is 16.7 Å². The molecule has 2 heterocycles. The predicted molar refractivity (Wildman–Crippen MR) is 195 cm³/mol. The first kappa shape index (κ1) is 34.4. The molecule has 0 saturated carbocycles. The van der Waals surface area contributed by atoms with E-state index in [9.17, 15) is 9.59 Å². The van der Waals surface area contributed by atoms with Gasteiger partial charge in [0.1, 0.15) is 17.3 Å². The molecular weight excluding hydrogens is 631 g/mol. The first-order chi connectivity index (χ1) is 22.6. The van der Waals surface area contributed by atoms with Crippen LogP contribution in [0.25, 0.3) is 0 Å². The molecule has 47 heavy (non-hydrogen) atoms. The molecule has 2 aliphatic rings. The Morgan fingerprint density at radius 1 is 0.979 bits per heavy atom. The van der Waals surface area contributed by atoms with Crippen LogP contribution in [0.4, 0.5) is 17.1 Å². The molecule has 5 rings (SSSR count). The zero-order chi connectivity index (χ0) is 33.5. The molecule has 10 nitrogen and oxygen atoms in total. The van der Waals surface area contributed by atoms with Gasteiger partial charge in [0.15, 0.2) is 5.17 Å². The average Bonchev–Trinajstić information content (AvgIpc) is 3.52. The van der Waals surface area contributed by atoms with Crippen molar-refractivity contribution in [3.8, 4) is 5.75 Å². The van der Waals surface area contributed by atoms with E-state index < -0.39 is 0 Å². The molecule has 1 fully saturated rings. The summed E-state index contributed by atoms with van der Waals surface area (Å²) in [5.74, 6) is 0.648. The molecule has 3 aromatic carbocycles. The Labute approximate surface area is 286 Å². The third-order valence-corrected chi connectivity index (χ3v) is 9.92. The summed E-state index contributed by atoms with van der Waals surface area (Å²) < 4.78 is 6.00. The number of hydrogen-bond donors (Lipinski definition) is 2. The van der Waals surface area contributed by atoms with E-state index in [1.165, 1.54) is 11.8 Å². The number of amidine groups is 1. The molecule has 0 unspecified atom stereocenters. The van der Waals surface area contributed by atoms with E-state index in [2.05, 4.69) is 26.5 Å². The maximum absolute atomic E-state index is 14.2. The minimum absolute atomic E-state index is 0.0705. The largest absolute Gasteiger partial charge is 0.492 e. The SMILES string of the molecule is CCNc1ccc(NC(=O)CN(C)C)cc1C/N=C1\S/C(=C2\Sc3ccc(OCCN(C)C)cc3N2C)C(=O)N1Cc1ccccc1. The van der Waals surface area contributed by atoms with Crippen molar-refractivity contribution in [2.24, 2.45) is 4.99 Å². The Balaban J connectivity index is 1.44. The number of likely N-dealkylation sites (N-methyl/N-ethyl adjacent to an activating group) is 2. The summed E-state index contributed by atoms with van der Waals surface area (Å²) in [4.78, 5) is 41.1. The molecule has 0 aromatic heterocycles. The number of rotatable bonds is 13. The van der Waals surface area contributed by atoms with Crippen molar-refractivity contribution >= 4 is 57.6 Å². The highest BCUT2D eigenvalue weighted by atomic mass is 32.2. The summed E-state index contributed by atoms with van der Waals surface area (Å²) in [6.07, 6.45) is 0. The number of amides is 2. The summed E-state index contributed by atoms with van der Waals surface area (Å²) in [7, 11) is 9.76. The van der Waals surface area contributed by atoms with Crippen molar-refractivity contribution < 1.29 is 14.3 Å². The van der Waals surface area contributed by atoms with Crippen LogP contribution in [-0.4, -0.2) is 93.2 Å². The number of carbonyl (C=O) groups is 2. The van der Waals surface area contributed by atoms with Crippen LogP contribution in [0, 0.1) is 0 Å². The average molecular weight is 674 g/mol. The molecule has 1 saturated heterocycles. The second kappa shape index (κ2) is 15.7. The van der Waals surface area contributed by atoms with Gasteiger partial charge in [-0.05, 0) is 88.3 Å². The summed E-state index contributed by atoms with van der Waals surface area (Å²) in [5, 5.41) is 7.91. The van der Waals surface area contributed by atoms with Gasteiger partial charge in [0.05, 0.1) is 30.4 Å². The van der Waals surface area contributed by atoms with Crippen LogP contribution in [-0.2, 0) is 22.7 Å². The quantitative estimate of drug-likeness (QED) is 0.225. The Morgan fingerprint density at radius 3 is 2.49 bits per heavy atom. The topological polar surface area (TPSA) is 92.7 Å². The first-order valence-corrected chi connectivity index (χ1v) is 17.2. The highest BCUT2D eigenvalue weighted by Gasteiger charge is 2.39. The van der Waals surface area contributed by atoms with Gasteiger partial charge in [-0.3, -0.25) is 19.5 Å². The number of anilines is 3. The third-order valence-electron chi connectivity index (χ3n) is 7.45. The third kappa shape index (κ3) is 8.69. The van der Waals surface area contributed by atoms with Gasteiger partial charge < -0.3 is 30.1 Å². The van der Waals surface area contributed by atoms with E-state index in [4.69, 9.17) is 9.73 Å². The molecule has 2 N–H and O–H groups in total. The number of benzene rings is 3. The Morgan fingerprint density at radius 2 is 1.77 bits per heavy atom. The van der Waals surface area contributed by atoms with Crippen LogP contribution >= 0.6 is 23.5 Å². The van der Waals surface area contributed by atoms with Gasteiger partial charge >= 0.3 is 0 Å². The molecule has 0 spiro atoms. The molecule has 0 aliphatic carbocycles. The standard InChI is InChI=1S/C35H43N7O3S2/c1-7-36-28-15-13-26(38-31(43)23-40(4)5)19-25(28)21-37-35-42(22-24-11-9-8-10-12-24)33(44)32(47-35)34-41(6)29-20-27(14-16-30(29)46-34)45-18-17-39(2)3/h8-16,19-20,36H,7,17-18,21-23H2,1-6H3,(H,38,43)/b34-32-,37-35-. The Kier molecular flexibility index (Phi) is 11.5. The van der Waals surface area contributed by atoms with Gasteiger partial charge in [-0.2, -0.15) is 0 Å². The van der Waals surface area contributed by atoms with Crippen LogP contribution in [0.1, 0.15) is 18.1 Å². The number of nitrogens with zero attached hydrogens (tertiary/aromatic N) is 5. The maximum Gasteiger partial charge on any atom is 0.269 e. The second-order valence-electron chi connectivity index (χ2n) is 11.8. The van der Waals surface area contributed by atoms with Gasteiger partial charge in [0.25, 0.3) is 5.91 Å². The summed E-state index contributed by atoms with van der Waals surface area (Å²) in [6, 6.07) is 21.9. The smallest absolute Gasteiger partial charge is 0.269 e. The zero-order valence-corrected chi connectivity index (χ0v) is 29.5. The van der Waals surface area contributed by atoms with Crippen molar-refractivity contribution in [3.05, 3.63) is 87.8 Å². The zero-order valence-electron chi connectivity index (χ0n) is 27.9. The van der Waals surface area contributed by atoms with E-state index in [-0.39, 0.29) is 11.8 Å². The molecule has 3 aromatic rings. The lowest BCUT2D eigenvalue weighted by molar-refractivity contribution is -0.122. The first-order valence-electron chi connectivity index (χ1n) is 15.6. The Bertz CT molecular complexity index is 1660. The van der Waals surface area contributed by atoms with Crippen molar-refractivity contribution in [1.29, 1.82) is 0 Å². The molecule has 0 atom stereocenters. The fraction of sp³-hybridized carbons (Fsp3) is 0.343. The number of thioether (sulfide) groups is 2. The van der Waals surface area contributed by atoms with Gasteiger partial charge in [0.2, 0.25) is 5.91 Å². The fourth-order valence-electron chi connectivity index (χ4n) is 5.13. The minimum atomic E-state index is -0.0860. The number of hydrogen-bond acceptors (Lipinski definition) is 10. The van der Waals surface area contributed by atoms with Crippen LogP contribution in [0.2, 0.25) is 0 Å². The van der Waals surface area contributed by atoms with E-state index in [1.807, 2.05) is 108 Å². The van der Waals surface area contributed by atoms with Gasteiger partial charge in [-0.1, -0.05) is 42.1 Å². The van der Waals surface area contributed by atoms with Crippen molar-refractivity contribution in [2.45, 2.75) is 24.9 Å². The molecule has 0 bridgehead atoms. The monoisotopic (exact) mass is 673 g/mol. The van der Waals surface area contributed by atoms with Gasteiger partial charge in [-0.25, -0.2) is 0 Å². The normalized spacial score (nSPS) is 16.9. The second-order valence-corrected chi connectivity index (χ2v) is 13.9. The van der Waals surface area contributed by atoms with Crippen LogP contribution in [0.5, 0.6) is 5.75 Å². The summed E-state index contributed by atoms with van der Waals surface area (Å²) in [6.45, 7) is 5.24. The maximum atomic E-state index is 14.2. The van der Waals surface area contributed by atoms with E-state index in [0.29, 0.717) is 42.0 Å². The van der Waals surface area contributed by atoms with Crippen LogP contribution < -0.4 is 20.3 Å². The lowest BCUT2D eigenvalue weighted by atomic mass is 10.1. The van der Waals surface area contributed by atoms with Crippen molar-refractivity contribution in [2.75, 3.05) is 77.0 Å². The molecule has 0 radical (unpaired) electrons. The Hall–Kier alpha value is -3.97. The van der Waals surface area contributed by atoms with Crippen molar-refractivity contribution in [1.82, 2.24) is 14.7 Å². The number of aliphatic imine (C=N–C) groups is 1. The number of nitrogens with one attached hydrogen (secondary N) is 2. The predicted octanol–water partition coefficient (Wildman–Crippen LogP) is 5.60. The lowest BCUT2D eigenvalue weighted by Crippen LogP contribution is -2.29. The highest BCUT2D eigenvalue weighted by Crippen LogP contribution is 2.51. The fourth-order valence-corrected chi connectivity index (χ4v) is 7.43. The minimum Gasteiger partial charge on any atom is -0.492 e. The summed E-state index contributed by atoms with van der Waals surface area (Å²) >= 11 is 3.00. The van der Waals surface area contributed by atoms with Gasteiger partial charge in [0, 0.05) is 42.5 Å². The highest BCUT2D eigenvalue weighted by molar-refractivity contribution is 8.19. The molecule has 12 heteroatoms. The van der Waals surface area contributed by atoms with Crippen LogP contribution in [0.15, 0.2) is 86.6 Å². The van der Waals surface area contributed by atoms with Gasteiger partial charge in [-0.15, -0.1) is 0 Å². The molecule has 248 valence electrons. The van der Waals surface area contributed by atoms with Crippen LogP contribution in [0.3, 0.4) is 0 Å². The van der Waals surface area contributed by atoms with E-state index in [0.717, 1.165) is 51.3 Å². The molecular formula is C35H43N7O3S2.